The van der Waals surface area contributed by atoms with Gasteiger partial charge in [-0.2, -0.15) is 0 Å². The Hall–Kier alpha value is -1.49. The molecule has 92 valence electrons. The highest BCUT2D eigenvalue weighted by molar-refractivity contribution is 5.37. The van der Waals surface area contributed by atoms with E-state index in [0.717, 1.165) is 24.2 Å². The van der Waals surface area contributed by atoms with Gasteiger partial charge in [0.2, 0.25) is 0 Å². The van der Waals surface area contributed by atoms with Gasteiger partial charge in [-0.05, 0) is 37.5 Å². The maximum Gasteiger partial charge on any atom is 0.123 e. The summed E-state index contributed by atoms with van der Waals surface area (Å²) in [6.07, 6.45) is 7.97. The number of rotatable bonds is 6. The average molecular weight is 234 g/mol. The molecule has 1 aromatic carbocycles. The number of halogens is 1. The van der Waals surface area contributed by atoms with Gasteiger partial charge in [0.1, 0.15) is 11.6 Å². The summed E-state index contributed by atoms with van der Waals surface area (Å²) in [7, 11) is 0. The zero-order valence-corrected chi connectivity index (χ0v) is 10.5. The predicted octanol–water partition coefficient (Wildman–Crippen LogP) is 4.13. The maximum atomic E-state index is 13.3. The lowest BCUT2D eigenvalue weighted by Crippen LogP contribution is -2.03. The van der Waals surface area contributed by atoms with Gasteiger partial charge in [-0.25, -0.2) is 4.39 Å². The molecular formula is C15H19FO. The summed E-state index contributed by atoms with van der Waals surface area (Å²) >= 11 is 0. The molecule has 2 heteroatoms. The number of terminal acetylenes is 1. The first kappa shape index (κ1) is 13.6. The molecule has 0 fully saturated rings. The first-order valence-electron chi connectivity index (χ1n) is 6.08. The Morgan fingerprint density at radius 2 is 2.18 bits per heavy atom. The molecule has 0 saturated heterocycles. The summed E-state index contributed by atoms with van der Waals surface area (Å²) in [4.78, 5) is 0. The van der Waals surface area contributed by atoms with Crippen LogP contribution in [-0.2, 0) is 0 Å². The lowest BCUT2D eigenvalue weighted by atomic mass is 9.91. The second-order valence-corrected chi connectivity index (χ2v) is 4.01. The molecule has 0 aliphatic rings. The van der Waals surface area contributed by atoms with Crippen LogP contribution in [0.4, 0.5) is 4.39 Å². The molecule has 17 heavy (non-hydrogen) atoms. The number of benzene rings is 1. The molecule has 0 amide bonds. The van der Waals surface area contributed by atoms with Crippen LogP contribution in [0.3, 0.4) is 0 Å². The Labute approximate surface area is 103 Å². The van der Waals surface area contributed by atoms with Gasteiger partial charge in [0, 0.05) is 12.0 Å². The SMILES string of the molecule is C#CCC(CCC)c1cc(F)ccc1OCC. The molecule has 1 rings (SSSR count). The van der Waals surface area contributed by atoms with Crippen molar-refractivity contribution in [3.63, 3.8) is 0 Å². The summed E-state index contributed by atoms with van der Waals surface area (Å²) in [5.41, 5.74) is 0.895. The summed E-state index contributed by atoms with van der Waals surface area (Å²) < 4.78 is 18.9. The van der Waals surface area contributed by atoms with Crippen LogP contribution in [0.5, 0.6) is 5.75 Å². The van der Waals surface area contributed by atoms with E-state index < -0.39 is 0 Å². The lowest BCUT2D eigenvalue weighted by molar-refractivity contribution is 0.332. The molecule has 0 spiro atoms. The van der Waals surface area contributed by atoms with E-state index in [1.54, 1.807) is 12.1 Å². The lowest BCUT2D eigenvalue weighted by Gasteiger charge is -2.18. The van der Waals surface area contributed by atoms with Crippen molar-refractivity contribution >= 4 is 0 Å². The molecular weight excluding hydrogens is 215 g/mol. The van der Waals surface area contributed by atoms with Crippen LogP contribution in [0.25, 0.3) is 0 Å². The third-order valence-electron chi connectivity index (χ3n) is 2.71. The van der Waals surface area contributed by atoms with Crippen molar-refractivity contribution in [2.45, 2.75) is 39.0 Å². The van der Waals surface area contributed by atoms with Crippen molar-refractivity contribution in [3.05, 3.63) is 29.6 Å². The highest BCUT2D eigenvalue weighted by Gasteiger charge is 2.15. The van der Waals surface area contributed by atoms with E-state index in [2.05, 4.69) is 12.8 Å². The van der Waals surface area contributed by atoms with E-state index in [4.69, 9.17) is 11.2 Å². The van der Waals surface area contributed by atoms with Crippen LogP contribution >= 0.6 is 0 Å². The summed E-state index contributed by atoms with van der Waals surface area (Å²) in [5.74, 6) is 3.36. The number of hydrogen-bond donors (Lipinski definition) is 0. The van der Waals surface area contributed by atoms with E-state index in [1.165, 1.54) is 6.07 Å². The highest BCUT2D eigenvalue weighted by atomic mass is 19.1. The van der Waals surface area contributed by atoms with Crippen molar-refractivity contribution in [1.82, 2.24) is 0 Å². The number of hydrogen-bond acceptors (Lipinski definition) is 1. The predicted molar refractivity (Wildman–Crippen MR) is 68.7 cm³/mol. The molecule has 0 aliphatic carbocycles. The van der Waals surface area contributed by atoms with E-state index in [9.17, 15) is 4.39 Å². The van der Waals surface area contributed by atoms with Crippen LogP contribution in [0, 0.1) is 18.2 Å². The van der Waals surface area contributed by atoms with Gasteiger partial charge in [0.05, 0.1) is 6.61 Å². The number of ether oxygens (including phenoxy) is 1. The minimum atomic E-state index is -0.235. The van der Waals surface area contributed by atoms with E-state index in [-0.39, 0.29) is 11.7 Å². The molecule has 0 bridgehead atoms. The van der Waals surface area contributed by atoms with Gasteiger partial charge >= 0.3 is 0 Å². The largest absolute Gasteiger partial charge is 0.494 e. The van der Waals surface area contributed by atoms with Gasteiger partial charge in [0.15, 0.2) is 0 Å². The third kappa shape index (κ3) is 3.78. The summed E-state index contributed by atoms with van der Waals surface area (Å²) in [6, 6.07) is 4.66. The van der Waals surface area contributed by atoms with Crippen molar-refractivity contribution in [1.29, 1.82) is 0 Å². The molecule has 0 N–H and O–H groups in total. The first-order chi connectivity index (χ1) is 8.22. The van der Waals surface area contributed by atoms with Crippen molar-refractivity contribution in [3.8, 4) is 18.1 Å². The topological polar surface area (TPSA) is 9.23 Å². The molecule has 0 radical (unpaired) electrons. The van der Waals surface area contributed by atoms with Crippen LogP contribution in [0.15, 0.2) is 18.2 Å². The molecule has 0 aliphatic heterocycles. The third-order valence-corrected chi connectivity index (χ3v) is 2.71. The molecule has 1 atom stereocenters. The fourth-order valence-electron chi connectivity index (χ4n) is 1.98. The molecule has 0 saturated carbocycles. The fraction of sp³-hybridized carbons (Fsp3) is 0.467. The average Bonchev–Trinajstić information content (AvgIpc) is 2.31. The fourth-order valence-corrected chi connectivity index (χ4v) is 1.98. The van der Waals surface area contributed by atoms with Crippen LogP contribution in [0.1, 0.15) is 44.6 Å². The van der Waals surface area contributed by atoms with Gasteiger partial charge in [-0.15, -0.1) is 12.3 Å². The normalized spacial score (nSPS) is 11.9. The Kier molecular flexibility index (Phi) is 5.56. The second-order valence-electron chi connectivity index (χ2n) is 4.01. The smallest absolute Gasteiger partial charge is 0.123 e. The van der Waals surface area contributed by atoms with Crippen molar-refractivity contribution < 1.29 is 9.13 Å². The maximum absolute atomic E-state index is 13.3. The Balaban J connectivity index is 3.05. The van der Waals surface area contributed by atoms with Gasteiger partial charge in [-0.1, -0.05) is 13.3 Å². The zero-order chi connectivity index (χ0) is 12.7. The monoisotopic (exact) mass is 234 g/mol. The minimum Gasteiger partial charge on any atom is -0.494 e. The first-order valence-corrected chi connectivity index (χ1v) is 6.08. The van der Waals surface area contributed by atoms with Gasteiger partial charge in [0.25, 0.3) is 0 Å². The standard InChI is InChI=1S/C15H19FO/c1-4-7-12(8-5-2)14-11-13(16)9-10-15(14)17-6-3/h1,9-12H,5-8H2,2-3H3. The summed E-state index contributed by atoms with van der Waals surface area (Å²) in [5, 5.41) is 0. The molecule has 1 aromatic rings. The Morgan fingerprint density at radius 3 is 2.76 bits per heavy atom. The second kappa shape index (κ2) is 6.96. The minimum absolute atomic E-state index is 0.183. The summed E-state index contributed by atoms with van der Waals surface area (Å²) in [6.45, 7) is 4.60. The quantitative estimate of drug-likeness (QED) is 0.672. The molecule has 1 unspecified atom stereocenters. The van der Waals surface area contributed by atoms with Gasteiger partial charge in [-0.3, -0.25) is 0 Å². The van der Waals surface area contributed by atoms with E-state index in [1.807, 2.05) is 6.92 Å². The van der Waals surface area contributed by atoms with Crippen LogP contribution < -0.4 is 4.74 Å². The Morgan fingerprint density at radius 1 is 1.41 bits per heavy atom. The van der Waals surface area contributed by atoms with Crippen LogP contribution in [0.2, 0.25) is 0 Å². The van der Waals surface area contributed by atoms with E-state index >= 15 is 0 Å². The molecule has 0 heterocycles. The molecule has 1 nitrogen and oxygen atoms in total. The van der Waals surface area contributed by atoms with E-state index in [0.29, 0.717) is 13.0 Å². The van der Waals surface area contributed by atoms with Crippen molar-refractivity contribution in [2.24, 2.45) is 0 Å². The Bertz CT molecular complexity index is 392. The van der Waals surface area contributed by atoms with Crippen molar-refractivity contribution in [2.75, 3.05) is 6.61 Å². The highest BCUT2D eigenvalue weighted by Crippen LogP contribution is 2.32. The zero-order valence-electron chi connectivity index (χ0n) is 10.5. The van der Waals surface area contributed by atoms with Gasteiger partial charge < -0.3 is 4.74 Å². The molecule has 0 aromatic heterocycles. The van der Waals surface area contributed by atoms with Crippen LogP contribution in [-0.4, -0.2) is 6.61 Å².